The molecule has 156 valence electrons. The molecule has 0 radical (unpaired) electrons. The SMILES string of the molecule is CCO[Si](C)(CCCCCCCCC(=N)[Si](C)(OCC)OCC)OCC. The first-order valence-corrected chi connectivity index (χ1v) is 15.3. The predicted octanol–water partition coefficient (Wildman–Crippen LogP) is 5.57. The quantitative estimate of drug-likeness (QED) is 0.184. The zero-order valence-electron chi connectivity index (χ0n) is 18.1. The summed E-state index contributed by atoms with van der Waals surface area (Å²) in [5.41, 5.74) is 0. The molecule has 0 spiro atoms. The van der Waals surface area contributed by atoms with Gasteiger partial charge in [-0.3, -0.25) is 0 Å². The summed E-state index contributed by atoms with van der Waals surface area (Å²) in [4.78, 5) is 0. The van der Waals surface area contributed by atoms with Crippen molar-refractivity contribution in [1.29, 1.82) is 5.41 Å². The lowest BCUT2D eigenvalue weighted by Crippen LogP contribution is -2.47. The van der Waals surface area contributed by atoms with E-state index in [1.54, 1.807) is 0 Å². The van der Waals surface area contributed by atoms with Crippen LogP contribution in [0.3, 0.4) is 0 Å². The highest BCUT2D eigenvalue weighted by Crippen LogP contribution is 2.19. The lowest BCUT2D eigenvalue weighted by atomic mass is 10.1. The van der Waals surface area contributed by atoms with Gasteiger partial charge in [-0.05, 0) is 59.7 Å². The highest BCUT2D eigenvalue weighted by atomic mass is 28.4. The van der Waals surface area contributed by atoms with E-state index < -0.39 is 17.1 Å². The Morgan fingerprint density at radius 3 is 1.54 bits per heavy atom. The van der Waals surface area contributed by atoms with Crippen LogP contribution in [0.4, 0.5) is 0 Å². The molecule has 0 heterocycles. The molecular weight excluding hydrogens is 362 g/mol. The number of nitrogens with one attached hydrogen (secondary N) is 1. The highest BCUT2D eigenvalue weighted by molar-refractivity contribution is 6.96. The third-order valence-electron chi connectivity index (χ3n) is 4.59. The first kappa shape index (κ1) is 25.9. The van der Waals surface area contributed by atoms with Gasteiger partial charge in [-0.15, -0.1) is 0 Å². The Bertz CT molecular complexity index is 357. The van der Waals surface area contributed by atoms with E-state index in [0.717, 1.165) is 32.1 Å². The highest BCUT2D eigenvalue weighted by Gasteiger charge is 2.36. The maximum absolute atomic E-state index is 8.33. The molecule has 0 aliphatic heterocycles. The summed E-state index contributed by atoms with van der Waals surface area (Å²) in [6.45, 7) is 15.0. The van der Waals surface area contributed by atoms with Crippen molar-refractivity contribution in [3.8, 4) is 0 Å². The van der Waals surface area contributed by atoms with Crippen molar-refractivity contribution in [2.24, 2.45) is 0 Å². The Kier molecular flexibility index (Phi) is 14.9. The summed E-state index contributed by atoms with van der Waals surface area (Å²) in [6, 6.07) is 1.09. The molecule has 0 aromatic heterocycles. The Balaban J connectivity index is 3.88. The van der Waals surface area contributed by atoms with Crippen molar-refractivity contribution in [2.75, 3.05) is 26.4 Å². The molecule has 0 amide bonds. The second-order valence-corrected chi connectivity index (χ2v) is 13.3. The van der Waals surface area contributed by atoms with Crippen LogP contribution in [0.2, 0.25) is 19.1 Å². The minimum absolute atomic E-state index is 0.622. The fraction of sp³-hybridized carbons (Fsp3) is 0.947. The molecule has 0 saturated carbocycles. The number of rotatable bonds is 18. The van der Waals surface area contributed by atoms with Gasteiger partial charge in [-0.2, -0.15) is 0 Å². The maximum atomic E-state index is 8.33. The first-order chi connectivity index (χ1) is 12.4. The van der Waals surface area contributed by atoms with E-state index in [1.165, 1.54) is 32.1 Å². The van der Waals surface area contributed by atoms with E-state index in [0.29, 0.717) is 18.5 Å². The Morgan fingerprint density at radius 2 is 1.08 bits per heavy atom. The van der Waals surface area contributed by atoms with Crippen LogP contribution in [0.25, 0.3) is 0 Å². The minimum atomic E-state index is -2.41. The van der Waals surface area contributed by atoms with Crippen molar-refractivity contribution in [1.82, 2.24) is 0 Å². The lowest BCUT2D eigenvalue weighted by molar-refractivity contribution is 0.188. The third kappa shape index (κ3) is 10.9. The predicted molar refractivity (Wildman–Crippen MR) is 115 cm³/mol. The molecule has 0 saturated heterocycles. The molecule has 26 heavy (non-hydrogen) atoms. The summed E-state index contributed by atoms with van der Waals surface area (Å²) in [6.07, 6.45) is 7.96. The zero-order valence-corrected chi connectivity index (χ0v) is 20.1. The standard InChI is InChI=1S/C19H43NO4Si2/c1-7-21-25(5,22-8-2)18-16-14-12-11-13-15-17-19(20)26(6,23-9-3)24-10-4/h20H,7-18H2,1-6H3. The van der Waals surface area contributed by atoms with Crippen molar-refractivity contribution in [3.63, 3.8) is 0 Å². The molecule has 1 N–H and O–H groups in total. The monoisotopic (exact) mass is 405 g/mol. The first-order valence-electron chi connectivity index (χ1n) is 10.5. The van der Waals surface area contributed by atoms with E-state index in [9.17, 15) is 0 Å². The Morgan fingerprint density at radius 1 is 0.654 bits per heavy atom. The molecule has 0 aromatic rings. The summed E-state index contributed by atoms with van der Waals surface area (Å²) >= 11 is 0. The molecule has 0 rings (SSSR count). The van der Waals surface area contributed by atoms with Gasteiger partial charge in [0.25, 0.3) is 0 Å². The van der Waals surface area contributed by atoms with E-state index >= 15 is 0 Å². The van der Waals surface area contributed by atoms with E-state index in [-0.39, 0.29) is 0 Å². The fourth-order valence-electron chi connectivity index (χ4n) is 3.25. The van der Waals surface area contributed by atoms with Gasteiger partial charge < -0.3 is 23.1 Å². The van der Waals surface area contributed by atoms with Crippen LogP contribution in [0.1, 0.15) is 72.6 Å². The van der Waals surface area contributed by atoms with Crippen molar-refractivity contribution >= 4 is 22.5 Å². The normalized spacial score (nSPS) is 12.5. The van der Waals surface area contributed by atoms with Gasteiger partial charge in [0.05, 0.1) is 5.33 Å². The number of unbranched alkanes of at least 4 members (excludes halogenated alkanes) is 5. The minimum Gasteiger partial charge on any atom is -0.395 e. The summed E-state index contributed by atoms with van der Waals surface area (Å²) < 4.78 is 23.3. The van der Waals surface area contributed by atoms with E-state index in [2.05, 4.69) is 6.55 Å². The molecule has 7 heteroatoms. The van der Waals surface area contributed by atoms with Crippen LogP contribution >= 0.6 is 0 Å². The second-order valence-electron chi connectivity index (χ2n) is 6.91. The van der Waals surface area contributed by atoms with Gasteiger partial charge in [-0.1, -0.05) is 32.1 Å². The van der Waals surface area contributed by atoms with Crippen LogP contribution in [0.5, 0.6) is 0 Å². The molecule has 0 unspecified atom stereocenters. The van der Waals surface area contributed by atoms with Crippen LogP contribution < -0.4 is 0 Å². The van der Waals surface area contributed by atoms with E-state index in [4.69, 9.17) is 23.1 Å². The summed E-state index contributed by atoms with van der Waals surface area (Å²) in [5.74, 6) is 0. The number of hydrogen-bond donors (Lipinski definition) is 1. The average Bonchev–Trinajstić information content (AvgIpc) is 2.58. The molecule has 0 aliphatic rings. The average molecular weight is 406 g/mol. The topological polar surface area (TPSA) is 60.8 Å². The van der Waals surface area contributed by atoms with Crippen molar-refractivity contribution in [3.05, 3.63) is 0 Å². The van der Waals surface area contributed by atoms with Crippen LogP contribution in [0.15, 0.2) is 0 Å². The Labute approximate surface area is 164 Å². The van der Waals surface area contributed by atoms with Crippen LogP contribution in [-0.2, 0) is 17.7 Å². The molecule has 0 fully saturated rings. The third-order valence-corrected chi connectivity index (χ3v) is 10.7. The molecule has 0 aliphatic carbocycles. The van der Waals surface area contributed by atoms with Crippen molar-refractivity contribution < 1.29 is 17.7 Å². The molecule has 5 nitrogen and oxygen atoms in total. The van der Waals surface area contributed by atoms with Gasteiger partial charge in [0.2, 0.25) is 0 Å². The zero-order chi connectivity index (χ0) is 19.9. The molecule has 0 aromatic carbocycles. The fourth-order valence-corrected chi connectivity index (χ4v) is 7.90. The van der Waals surface area contributed by atoms with Gasteiger partial charge in [0.1, 0.15) is 0 Å². The van der Waals surface area contributed by atoms with Gasteiger partial charge >= 0.3 is 17.1 Å². The maximum Gasteiger partial charge on any atom is 0.383 e. The van der Waals surface area contributed by atoms with Crippen LogP contribution in [-0.4, -0.2) is 48.9 Å². The van der Waals surface area contributed by atoms with Crippen LogP contribution in [0, 0.1) is 5.41 Å². The second kappa shape index (κ2) is 14.9. The largest absolute Gasteiger partial charge is 0.395 e. The number of hydrogen-bond acceptors (Lipinski definition) is 5. The van der Waals surface area contributed by atoms with Gasteiger partial charge in [0.15, 0.2) is 0 Å². The van der Waals surface area contributed by atoms with Crippen molar-refractivity contribution in [2.45, 2.75) is 91.8 Å². The van der Waals surface area contributed by atoms with Gasteiger partial charge in [-0.25, -0.2) is 0 Å². The smallest absolute Gasteiger partial charge is 0.383 e. The molecule has 0 bridgehead atoms. The molecular formula is C19H43NO4Si2. The van der Waals surface area contributed by atoms with Gasteiger partial charge in [0, 0.05) is 26.4 Å². The lowest BCUT2D eigenvalue weighted by Gasteiger charge is -2.26. The summed E-state index contributed by atoms with van der Waals surface area (Å²) in [7, 11) is -4.34. The molecule has 0 atom stereocenters. The Hall–Kier alpha value is -0.0562. The summed E-state index contributed by atoms with van der Waals surface area (Å²) in [5, 5.41) is 9.02. The van der Waals surface area contributed by atoms with E-state index in [1.807, 2.05) is 34.2 Å².